The predicted molar refractivity (Wildman–Crippen MR) is 120 cm³/mol. The summed E-state index contributed by atoms with van der Waals surface area (Å²) in [4.78, 5) is 37.2. The second-order valence-corrected chi connectivity index (χ2v) is 8.08. The second kappa shape index (κ2) is 9.65. The number of urea groups is 1. The number of benzene rings is 2. The van der Waals surface area contributed by atoms with Crippen molar-refractivity contribution in [3.05, 3.63) is 66.0 Å². The molecule has 0 saturated carbocycles. The maximum atomic E-state index is 12.5. The maximum Gasteiger partial charge on any atom is 0.324 e. The molecule has 0 spiro atoms. The number of carbonyl (C=O) groups is 3. The van der Waals surface area contributed by atoms with Gasteiger partial charge in [-0.1, -0.05) is 49.0 Å². The normalized spacial score (nSPS) is 13.3. The Hall–Kier alpha value is -3.66. The molecular weight excluding hydrogens is 428 g/mol. The van der Waals surface area contributed by atoms with Gasteiger partial charge >= 0.3 is 6.03 Å². The van der Waals surface area contributed by atoms with Crippen molar-refractivity contribution in [2.75, 3.05) is 17.6 Å². The standard InChI is InChI=1S/C22H22N6O3S/c1-2-16-7-3-4-9-18(16)28-14-24-26-22(28)32-13-19(29)25-17-8-5-6-15(10-17)12-27-20(30)11-23-21(27)31/h3-10,14H,2,11-13H2,1H3,(H,23,31)(H,25,29). The van der Waals surface area contributed by atoms with Crippen LogP contribution in [0.3, 0.4) is 0 Å². The topological polar surface area (TPSA) is 109 Å². The van der Waals surface area contributed by atoms with E-state index in [2.05, 4.69) is 33.8 Å². The van der Waals surface area contributed by atoms with Gasteiger partial charge in [0, 0.05) is 5.69 Å². The van der Waals surface area contributed by atoms with Crippen LogP contribution in [0.4, 0.5) is 10.5 Å². The molecule has 4 amide bonds. The molecule has 3 aromatic rings. The number of carbonyl (C=O) groups excluding carboxylic acids is 3. The van der Waals surface area contributed by atoms with E-state index in [-0.39, 0.29) is 30.7 Å². The van der Waals surface area contributed by atoms with Gasteiger partial charge in [0.25, 0.3) is 0 Å². The molecule has 1 aliphatic rings. The van der Waals surface area contributed by atoms with Gasteiger partial charge in [-0.05, 0) is 35.7 Å². The smallest absolute Gasteiger partial charge is 0.324 e. The Kier molecular flexibility index (Phi) is 6.50. The van der Waals surface area contributed by atoms with Crippen molar-refractivity contribution in [1.29, 1.82) is 0 Å². The van der Waals surface area contributed by atoms with Crippen molar-refractivity contribution in [2.24, 2.45) is 0 Å². The van der Waals surface area contributed by atoms with Crippen LogP contribution in [0.25, 0.3) is 5.69 Å². The van der Waals surface area contributed by atoms with Crippen LogP contribution in [0.5, 0.6) is 0 Å². The van der Waals surface area contributed by atoms with E-state index in [1.54, 1.807) is 30.6 Å². The molecule has 10 heteroatoms. The quantitative estimate of drug-likeness (QED) is 0.403. The number of nitrogens with zero attached hydrogens (tertiary/aromatic N) is 4. The van der Waals surface area contributed by atoms with Crippen LogP contribution < -0.4 is 10.6 Å². The summed E-state index contributed by atoms with van der Waals surface area (Å²) in [5, 5.41) is 14.1. The van der Waals surface area contributed by atoms with Crippen LogP contribution in [-0.4, -0.2) is 49.8 Å². The summed E-state index contributed by atoms with van der Waals surface area (Å²) in [7, 11) is 0. The molecule has 1 aromatic heterocycles. The first kappa shape index (κ1) is 21.6. The minimum Gasteiger partial charge on any atom is -0.329 e. The Morgan fingerprint density at radius 1 is 1.19 bits per heavy atom. The van der Waals surface area contributed by atoms with Crippen molar-refractivity contribution in [3.8, 4) is 5.69 Å². The third kappa shape index (κ3) is 4.80. The number of anilines is 1. The Balaban J connectivity index is 1.38. The summed E-state index contributed by atoms with van der Waals surface area (Å²) in [6, 6.07) is 14.7. The van der Waals surface area contributed by atoms with E-state index in [0.717, 1.165) is 22.6 Å². The largest absolute Gasteiger partial charge is 0.329 e. The van der Waals surface area contributed by atoms with E-state index in [4.69, 9.17) is 0 Å². The van der Waals surface area contributed by atoms with Crippen molar-refractivity contribution in [3.63, 3.8) is 0 Å². The van der Waals surface area contributed by atoms with E-state index in [9.17, 15) is 14.4 Å². The fraction of sp³-hybridized carbons (Fsp3) is 0.227. The first-order chi connectivity index (χ1) is 15.5. The molecule has 0 unspecified atom stereocenters. The van der Waals surface area contributed by atoms with Gasteiger partial charge in [-0.15, -0.1) is 10.2 Å². The number of amides is 4. The van der Waals surface area contributed by atoms with Crippen LogP contribution in [-0.2, 0) is 22.6 Å². The maximum absolute atomic E-state index is 12.5. The lowest BCUT2D eigenvalue weighted by molar-refractivity contribution is -0.125. The molecular formula is C22H22N6O3S. The summed E-state index contributed by atoms with van der Waals surface area (Å²) >= 11 is 1.30. The first-order valence-electron chi connectivity index (χ1n) is 10.1. The highest BCUT2D eigenvalue weighted by molar-refractivity contribution is 7.99. The molecule has 0 aliphatic carbocycles. The molecule has 164 valence electrons. The fourth-order valence-corrected chi connectivity index (χ4v) is 4.13. The summed E-state index contributed by atoms with van der Waals surface area (Å²) in [5.41, 5.74) is 3.51. The highest BCUT2D eigenvalue weighted by atomic mass is 32.2. The monoisotopic (exact) mass is 450 g/mol. The molecule has 4 rings (SSSR count). The molecule has 2 heterocycles. The molecule has 9 nitrogen and oxygen atoms in total. The molecule has 0 bridgehead atoms. The number of nitrogens with one attached hydrogen (secondary N) is 2. The average Bonchev–Trinajstić information content (AvgIpc) is 3.40. The second-order valence-electron chi connectivity index (χ2n) is 7.14. The minimum absolute atomic E-state index is 0.0137. The van der Waals surface area contributed by atoms with Crippen LogP contribution in [0, 0.1) is 0 Å². The van der Waals surface area contributed by atoms with Crippen molar-refractivity contribution in [1.82, 2.24) is 25.0 Å². The SMILES string of the molecule is CCc1ccccc1-n1cnnc1SCC(=O)Nc1cccc(CN2C(=O)CNC2=O)c1. The summed E-state index contributed by atoms with van der Waals surface area (Å²) < 4.78 is 1.88. The number of aromatic nitrogens is 3. The van der Waals surface area contributed by atoms with Gasteiger partial charge in [0.05, 0.1) is 24.5 Å². The summed E-state index contributed by atoms with van der Waals surface area (Å²) in [6.45, 7) is 2.26. The third-order valence-electron chi connectivity index (χ3n) is 4.97. The average molecular weight is 451 g/mol. The van der Waals surface area contributed by atoms with Crippen LogP contribution >= 0.6 is 11.8 Å². The lowest BCUT2D eigenvalue weighted by atomic mass is 10.1. The van der Waals surface area contributed by atoms with Gasteiger partial charge in [0.1, 0.15) is 6.33 Å². The highest BCUT2D eigenvalue weighted by Gasteiger charge is 2.28. The number of thioether (sulfide) groups is 1. The lowest BCUT2D eigenvalue weighted by Crippen LogP contribution is -2.30. The van der Waals surface area contributed by atoms with Crippen LogP contribution in [0.2, 0.25) is 0 Å². The zero-order valence-electron chi connectivity index (χ0n) is 17.4. The Morgan fingerprint density at radius 3 is 2.81 bits per heavy atom. The number of rotatable bonds is 8. The molecule has 2 aromatic carbocycles. The van der Waals surface area contributed by atoms with Gasteiger partial charge in [-0.25, -0.2) is 4.79 Å². The number of hydrogen-bond acceptors (Lipinski definition) is 6. The number of hydrogen-bond donors (Lipinski definition) is 2. The third-order valence-corrected chi connectivity index (χ3v) is 5.91. The molecule has 32 heavy (non-hydrogen) atoms. The zero-order chi connectivity index (χ0) is 22.5. The van der Waals surface area contributed by atoms with E-state index < -0.39 is 6.03 Å². The van der Waals surface area contributed by atoms with E-state index in [1.165, 1.54) is 17.3 Å². The number of para-hydroxylation sites is 1. The summed E-state index contributed by atoms with van der Waals surface area (Å²) in [6.07, 6.45) is 2.52. The molecule has 1 aliphatic heterocycles. The zero-order valence-corrected chi connectivity index (χ0v) is 18.3. The van der Waals surface area contributed by atoms with Crippen molar-refractivity contribution < 1.29 is 14.4 Å². The van der Waals surface area contributed by atoms with E-state index in [1.807, 2.05) is 22.8 Å². The molecule has 2 N–H and O–H groups in total. The van der Waals surface area contributed by atoms with Gasteiger partial charge in [0.15, 0.2) is 5.16 Å². The van der Waals surface area contributed by atoms with Gasteiger partial charge in [0.2, 0.25) is 11.8 Å². The minimum atomic E-state index is -0.408. The molecule has 1 saturated heterocycles. The van der Waals surface area contributed by atoms with Gasteiger partial charge in [-0.3, -0.25) is 19.1 Å². The molecule has 1 fully saturated rings. The lowest BCUT2D eigenvalue weighted by Gasteiger charge is -2.13. The molecule has 0 atom stereocenters. The number of aryl methyl sites for hydroxylation is 1. The van der Waals surface area contributed by atoms with Gasteiger partial charge in [-0.2, -0.15) is 0 Å². The first-order valence-corrected chi connectivity index (χ1v) is 11.1. The number of imide groups is 1. The van der Waals surface area contributed by atoms with Crippen LogP contribution in [0.15, 0.2) is 60.0 Å². The van der Waals surface area contributed by atoms with Gasteiger partial charge < -0.3 is 10.6 Å². The Bertz CT molecular complexity index is 1150. The van der Waals surface area contributed by atoms with Crippen molar-refractivity contribution in [2.45, 2.75) is 25.0 Å². The van der Waals surface area contributed by atoms with Crippen molar-refractivity contribution >= 4 is 35.3 Å². The Morgan fingerprint density at radius 2 is 2.03 bits per heavy atom. The predicted octanol–water partition coefficient (Wildman–Crippen LogP) is 2.61. The Labute approximate surface area is 189 Å². The highest BCUT2D eigenvalue weighted by Crippen LogP contribution is 2.23. The molecule has 0 radical (unpaired) electrons. The summed E-state index contributed by atoms with van der Waals surface area (Å²) in [5.74, 6) is -0.306. The van der Waals surface area contributed by atoms with Crippen LogP contribution in [0.1, 0.15) is 18.1 Å². The van der Waals surface area contributed by atoms with E-state index in [0.29, 0.717) is 10.8 Å². The van der Waals surface area contributed by atoms with E-state index >= 15 is 0 Å². The fourth-order valence-electron chi connectivity index (χ4n) is 3.41.